The van der Waals surface area contributed by atoms with Gasteiger partial charge in [0.15, 0.2) is 5.82 Å². The van der Waals surface area contributed by atoms with Gasteiger partial charge in [-0.2, -0.15) is 5.10 Å². The van der Waals surface area contributed by atoms with Gasteiger partial charge in [0.2, 0.25) is 0 Å². The molecule has 0 spiro atoms. The standard InChI is InChI=1S/C11H11ClFN3O3S/c12-9-2-1-3-10(11(9)13)20(18,19)15-8-6-14-16(7-8)4-5-17/h1-3,6-7,15,17H,4-5H2. The molecule has 0 atom stereocenters. The van der Waals surface area contributed by atoms with Crippen LogP contribution in [0.3, 0.4) is 0 Å². The molecule has 6 nitrogen and oxygen atoms in total. The molecule has 1 heterocycles. The van der Waals surface area contributed by atoms with E-state index < -0.39 is 20.7 Å². The molecule has 2 rings (SSSR count). The number of nitrogens with zero attached hydrogens (tertiary/aromatic N) is 2. The van der Waals surface area contributed by atoms with Gasteiger partial charge >= 0.3 is 0 Å². The van der Waals surface area contributed by atoms with Crippen molar-refractivity contribution >= 4 is 27.3 Å². The molecule has 2 aromatic rings. The van der Waals surface area contributed by atoms with Gasteiger partial charge in [0.25, 0.3) is 10.0 Å². The average Bonchev–Trinajstić information content (AvgIpc) is 2.79. The van der Waals surface area contributed by atoms with E-state index in [0.29, 0.717) is 0 Å². The quantitative estimate of drug-likeness (QED) is 0.874. The summed E-state index contributed by atoms with van der Waals surface area (Å²) in [5, 5.41) is 12.3. The van der Waals surface area contributed by atoms with Gasteiger partial charge in [-0.3, -0.25) is 9.40 Å². The number of aromatic nitrogens is 2. The molecule has 20 heavy (non-hydrogen) atoms. The number of aliphatic hydroxyl groups excluding tert-OH is 1. The molecule has 0 saturated heterocycles. The minimum Gasteiger partial charge on any atom is -0.394 e. The Balaban J connectivity index is 2.28. The zero-order valence-electron chi connectivity index (χ0n) is 10.1. The Morgan fingerprint density at radius 2 is 2.20 bits per heavy atom. The fraction of sp³-hybridized carbons (Fsp3) is 0.182. The minimum absolute atomic E-state index is 0.128. The highest BCUT2D eigenvalue weighted by atomic mass is 35.5. The first-order valence-electron chi connectivity index (χ1n) is 5.54. The maximum atomic E-state index is 13.7. The van der Waals surface area contributed by atoms with E-state index >= 15 is 0 Å². The molecule has 0 aliphatic carbocycles. The third-order valence-electron chi connectivity index (χ3n) is 2.42. The normalized spacial score (nSPS) is 11.6. The van der Waals surface area contributed by atoms with Crippen LogP contribution in [0, 0.1) is 5.82 Å². The van der Waals surface area contributed by atoms with Crippen LogP contribution in [0.5, 0.6) is 0 Å². The molecular formula is C11H11ClFN3O3S. The van der Waals surface area contributed by atoms with E-state index in [0.717, 1.165) is 6.07 Å². The summed E-state index contributed by atoms with van der Waals surface area (Å²) in [5.41, 5.74) is 0.165. The van der Waals surface area contributed by atoms with Crippen molar-refractivity contribution in [3.63, 3.8) is 0 Å². The number of benzene rings is 1. The second kappa shape index (κ2) is 5.78. The number of halogens is 2. The van der Waals surface area contributed by atoms with Gasteiger partial charge in [-0.1, -0.05) is 17.7 Å². The number of sulfonamides is 1. The van der Waals surface area contributed by atoms with Crippen molar-refractivity contribution in [1.82, 2.24) is 9.78 Å². The number of nitrogens with one attached hydrogen (secondary N) is 1. The second-order valence-electron chi connectivity index (χ2n) is 3.87. The van der Waals surface area contributed by atoms with Crippen molar-refractivity contribution in [2.24, 2.45) is 0 Å². The van der Waals surface area contributed by atoms with E-state index in [1.54, 1.807) is 0 Å². The van der Waals surface area contributed by atoms with Gasteiger partial charge in [0.1, 0.15) is 4.90 Å². The third kappa shape index (κ3) is 3.09. The van der Waals surface area contributed by atoms with E-state index in [1.807, 2.05) is 0 Å². The van der Waals surface area contributed by atoms with Crippen LogP contribution >= 0.6 is 11.6 Å². The topological polar surface area (TPSA) is 84.2 Å². The summed E-state index contributed by atoms with van der Waals surface area (Å²) in [7, 11) is -4.09. The molecule has 2 N–H and O–H groups in total. The molecule has 1 aromatic heterocycles. The number of anilines is 1. The summed E-state index contributed by atoms with van der Waals surface area (Å²) in [5.74, 6) is -1.01. The van der Waals surface area contributed by atoms with Gasteiger partial charge in [-0.15, -0.1) is 0 Å². The Morgan fingerprint density at radius 1 is 1.45 bits per heavy atom. The second-order valence-corrected chi connectivity index (χ2v) is 5.93. The summed E-state index contributed by atoms with van der Waals surface area (Å²) < 4.78 is 41.4. The third-order valence-corrected chi connectivity index (χ3v) is 4.11. The molecule has 108 valence electrons. The molecule has 1 aromatic carbocycles. The first kappa shape index (κ1) is 14.8. The van der Waals surface area contributed by atoms with Crippen molar-refractivity contribution in [3.8, 4) is 0 Å². The lowest BCUT2D eigenvalue weighted by Gasteiger charge is -2.07. The fourth-order valence-electron chi connectivity index (χ4n) is 1.54. The van der Waals surface area contributed by atoms with Crippen LogP contribution in [0.1, 0.15) is 0 Å². The van der Waals surface area contributed by atoms with Gasteiger partial charge < -0.3 is 5.11 Å². The van der Waals surface area contributed by atoms with Crippen LogP contribution in [0.4, 0.5) is 10.1 Å². The molecule has 0 bridgehead atoms. The van der Waals surface area contributed by atoms with E-state index in [4.69, 9.17) is 16.7 Å². The van der Waals surface area contributed by atoms with Crippen LogP contribution in [0.25, 0.3) is 0 Å². The molecule has 0 fully saturated rings. The highest BCUT2D eigenvalue weighted by molar-refractivity contribution is 7.92. The Labute approximate surface area is 119 Å². The lowest BCUT2D eigenvalue weighted by molar-refractivity contribution is 0.269. The maximum absolute atomic E-state index is 13.7. The van der Waals surface area contributed by atoms with Gasteiger partial charge in [0, 0.05) is 6.20 Å². The predicted molar refractivity (Wildman–Crippen MR) is 71.5 cm³/mol. The average molecular weight is 320 g/mol. The van der Waals surface area contributed by atoms with Crippen molar-refractivity contribution in [2.75, 3.05) is 11.3 Å². The van der Waals surface area contributed by atoms with Gasteiger partial charge in [-0.05, 0) is 12.1 Å². The molecule has 0 amide bonds. The van der Waals surface area contributed by atoms with E-state index in [2.05, 4.69) is 9.82 Å². The highest BCUT2D eigenvalue weighted by Crippen LogP contribution is 2.23. The summed E-state index contributed by atoms with van der Waals surface area (Å²) in [6.07, 6.45) is 2.64. The molecule has 0 radical (unpaired) electrons. The monoisotopic (exact) mass is 319 g/mol. The summed E-state index contributed by atoms with van der Waals surface area (Å²) in [6.45, 7) is 0.101. The number of hydrogen-bond donors (Lipinski definition) is 2. The lowest BCUT2D eigenvalue weighted by Crippen LogP contribution is -2.14. The fourth-order valence-corrected chi connectivity index (χ4v) is 2.90. The zero-order chi connectivity index (χ0) is 14.8. The number of rotatable bonds is 5. The first-order valence-corrected chi connectivity index (χ1v) is 7.40. The largest absolute Gasteiger partial charge is 0.394 e. The van der Waals surface area contributed by atoms with Crippen molar-refractivity contribution in [1.29, 1.82) is 0 Å². The molecule has 0 unspecified atom stereocenters. The van der Waals surface area contributed by atoms with E-state index in [9.17, 15) is 12.8 Å². The lowest BCUT2D eigenvalue weighted by atomic mass is 10.3. The van der Waals surface area contributed by atoms with Crippen molar-refractivity contribution < 1.29 is 17.9 Å². The predicted octanol–water partition coefficient (Wildman–Crippen LogP) is 1.47. The van der Waals surface area contributed by atoms with Crippen LogP contribution < -0.4 is 4.72 Å². The Bertz CT molecular complexity index is 717. The number of hydrogen-bond acceptors (Lipinski definition) is 4. The summed E-state index contributed by atoms with van der Waals surface area (Å²) in [4.78, 5) is -0.542. The van der Waals surface area contributed by atoms with Crippen LogP contribution in [-0.4, -0.2) is 29.9 Å². The summed E-state index contributed by atoms with van der Waals surface area (Å²) >= 11 is 5.56. The van der Waals surface area contributed by atoms with E-state index in [-0.39, 0.29) is 23.9 Å². The van der Waals surface area contributed by atoms with Crippen molar-refractivity contribution in [2.45, 2.75) is 11.4 Å². The molecule has 9 heteroatoms. The van der Waals surface area contributed by atoms with Crippen LogP contribution in [0.2, 0.25) is 5.02 Å². The zero-order valence-corrected chi connectivity index (χ0v) is 11.7. The van der Waals surface area contributed by atoms with Crippen molar-refractivity contribution in [3.05, 3.63) is 41.4 Å². The molecule has 0 saturated carbocycles. The Hall–Kier alpha value is -1.64. The Kier molecular flexibility index (Phi) is 4.26. The maximum Gasteiger partial charge on any atom is 0.264 e. The molecular weight excluding hydrogens is 309 g/mol. The Morgan fingerprint density at radius 3 is 2.90 bits per heavy atom. The van der Waals surface area contributed by atoms with Gasteiger partial charge in [-0.25, -0.2) is 12.8 Å². The van der Waals surface area contributed by atoms with Gasteiger partial charge in [0.05, 0.1) is 30.1 Å². The summed E-state index contributed by atoms with van der Waals surface area (Å²) in [6, 6.07) is 3.71. The SMILES string of the molecule is O=S(=O)(Nc1cnn(CCO)c1)c1cccc(Cl)c1F. The number of aliphatic hydroxyl groups is 1. The van der Waals surface area contributed by atoms with Crippen LogP contribution in [-0.2, 0) is 16.6 Å². The molecule has 0 aliphatic rings. The highest BCUT2D eigenvalue weighted by Gasteiger charge is 2.21. The smallest absolute Gasteiger partial charge is 0.264 e. The minimum atomic E-state index is -4.09. The van der Waals surface area contributed by atoms with E-state index in [1.165, 1.54) is 29.2 Å². The van der Waals surface area contributed by atoms with Crippen LogP contribution in [0.15, 0.2) is 35.5 Å². The molecule has 0 aliphatic heterocycles. The first-order chi connectivity index (χ1) is 9.44.